The second kappa shape index (κ2) is 14.2. The summed E-state index contributed by atoms with van der Waals surface area (Å²) in [4.78, 5) is 4.52. The lowest BCUT2D eigenvalue weighted by Gasteiger charge is -2.19. The SMILES string of the molecule is CCCCCCc1c(-c2ccc(C(C)(C)C)cc2)c(CC)nn1-c1cc(C)cc(Oc2ccc3c4ccccc4n(-c4cc(F)ccn4)c3c2)c1. The molecule has 0 radical (unpaired) electrons. The highest BCUT2D eigenvalue weighted by Gasteiger charge is 2.22. The maximum absolute atomic E-state index is 14.4. The van der Waals surface area contributed by atoms with E-state index in [1.54, 1.807) is 0 Å². The minimum Gasteiger partial charge on any atom is -0.457 e. The maximum Gasteiger partial charge on any atom is 0.140 e. The second-order valence-corrected chi connectivity index (χ2v) is 14.6. The third kappa shape index (κ3) is 6.92. The lowest BCUT2D eigenvalue weighted by atomic mass is 9.86. The molecule has 0 amide bonds. The number of aryl methyl sites for hydroxylation is 2. The van der Waals surface area contributed by atoms with Crippen molar-refractivity contribution >= 4 is 21.8 Å². The van der Waals surface area contributed by atoms with Gasteiger partial charge in [0.1, 0.15) is 23.1 Å². The Balaban J connectivity index is 1.30. The average Bonchev–Trinajstić information content (AvgIpc) is 3.65. The van der Waals surface area contributed by atoms with Gasteiger partial charge in [-0.25, -0.2) is 14.1 Å². The van der Waals surface area contributed by atoms with Crippen molar-refractivity contribution < 1.29 is 9.13 Å². The van der Waals surface area contributed by atoms with Gasteiger partial charge in [-0.1, -0.05) is 96.3 Å². The number of hydrogen-bond acceptors (Lipinski definition) is 3. The zero-order valence-corrected chi connectivity index (χ0v) is 30.6. The van der Waals surface area contributed by atoms with Crippen molar-refractivity contribution in [3.8, 4) is 34.1 Å². The van der Waals surface area contributed by atoms with Crippen molar-refractivity contribution in [3.63, 3.8) is 0 Å². The fourth-order valence-corrected chi connectivity index (χ4v) is 7.21. The van der Waals surface area contributed by atoms with Crippen LogP contribution in [0.1, 0.15) is 82.8 Å². The molecule has 0 fully saturated rings. The number of ether oxygens (including phenoxy) is 1. The molecule has 0 aliphatic carbocycles. The molecule has 7 rings (SSSR count). The van der Waals surface area contributed by atoms with Crippen LogP contribution in [0.2, 0.25) is 0 Å². The van der Waals surface area contributed by atoms with Gasteiger partial charge in [0.2, 0.25) is 0 Å². The van der Waals surface area contributed by atoms with Crippen LogP contribution in [0, 0.1) is 12.7 Å². The van der Waals surface area contributed by atoms with Crippen molar-refractivity contribution in [2.45, 2.75) is 85.5 Å². The number of pyridine rings is 1. The first-order valence-corrected chi connectivity index (χ1v) is 18.3. The van der Waals surface area contributed by atoms with Gasteiger partial charge < -0.3 is 4.74 Å². The van der Waals surface area contributed by atoms with Crippen molar-refractivity contribution in [1.29, 1.82) is 0 Å². The minimum atomic E-state index is -0.328. The van der Waals surface area contributed by atoms with Crippen molar-refractivity contribution in [2.75, 3.05) is 0 Å². The molecule has 0 N–H and O–H groups in total. The van der Waals surface area contributed by atoms with Gasteiger partial charge in [0.25, 0.3) is 0 Å². The molecule has 0 bridgehead atoms. The number of aromatic nitrogens is 4. The Morgan fingerprint density at radius 3 is 2.29 bits per heavy atom. The molecule has 0 saturated carbocycles. The van der Waals surface area contributed by atoms with Crippen LogP contribution in [-0.4, -0.2) is 19.3 Å². The highest BCUT2D eigenvalue weighted by molar-refractivity contribution is 6.09. The van der Waals surface area contributed by atoms with Crippen molar-refractivity contribution in [1.82, 2.24) is 19.3 Å². The van der Waals surface area contributed by atoms with E-state index >= 15 is 0 Å². The first kappa shape index (κ1) is 34.2. The molecule has 0 saturated heterocycles. The Bertz CT molecular complexity index is 2320. The topological polar surface area (TPSA) is 44.9 Å². The Labute approximate surface area is 300 Å². The summed E-state index contributed by atoms with van der Waals surface area (Å²) >= 11 is 0. The molecule has 0 atom stereocenters. The largest absolute Gasteiger partial charge is 0.457 e. The van der Waals surface area contributed by atoms with Crippen LogP contribution in [0.4, 0.5) is 4.39 Å². The average molecular weight is 679 g/mol. The van der Waals surface area contributed by atoms with Gasteiger partial charge >= 0.3 is 0 Å². The molecule has 7 aromatic rings. The third-order valence-electron chi connectivity index (χ3n) is 9.79. The Hall–Kier alpha value is -5.23. The van der Waals surface area contributed by atoms with E-state index in [9.17, 15) is 4.39 Å². The molecular formula is C45H47FN4O. The van der Waals surface area contributed by atoms with Crippen LogP contribution >= 0.6 is 0 Å². The zero-order chi connectivity index (χ0) is 35.7. The molecule has 0 unspecified atom stereocenters. The number of hydrogen-bond donors (Lipinski definition) is 0. The number of benzene rings is 4. The molecule has 3 heterocycles. The Morgan fingerprint density at radius 1 is 0.765 bits per heavy atom. The van der Waals surface area contributed by atoms with Gasteiger partial charge in [0.05, 0.1) is 28.1 Å². The highest BCUT2D eigenvalue weighted by atomic mass is 19.1. The number of halogens is 1. The van der Waals surface area contributed by atoms with Crippen LogP contribution in [-0.2, 0) is 18.3 Å². The molecule has 3 aromatic heterocycles. The summed E-state index contributed by atoms with van der Waals surface area (Å²) in [6.07, 6.45) is 8.02. The normalized spacial score (nSPS) is 11.9. The zero-order valence-electron chi connectivity index (χ0n) is 30.6. The van der Waals surface area contributed by atoms with Crippen LogP contribution < -0.4 is 4.74 Å². The van der Waals surface area contributed by atoms with E-state index in [0.29, 0.717) is 11.6 Å². The molecule has 0 spiro atoms. The van der Waals surface area contributed by atoms with Gasteiger partial charge in [0.15, 0.2) is 0 Å². The monoisotopic (exact) mass is 678 g/mol. The molecule has 51 heavy (non-hydrogen) atoms. The second-order valence-electron chi connectivity index (χ2n) is 14.6. The first-order valence-electron chi connectivity index (χ1n) is 18.3. The van der Waals surface area contributed by atoms with Gasteiger partial charge in [-0.3, -0.25) is 4.57 Å². The maximum atomic E-state index is 14.4. The number of unbranched alkanes of at least 4 members (excludes halogenated alkanes) is 3. The smallest absolute Gasteiger partial charge is 0.140 e. The van der Waals surface area contributed by atoms with Gasteiger partial charge in [-0.05, 0) is 84.7 Å². The highest BCUT2D eigenvalue weighted by Crippen LogP contribution is 2.37. The number of nitrogens with zero attached hydrogens (tertiary/aromatic N) is 4. The summed E-state index contributed by atoms with van der Waals surface area (Å²) in [5.41, 5.74) is 10.2. The molecule has 4 aromatic carbocycles. The summed E-state index contributed by atoms with van der Waals surface area (Å²) < 4.78 is 25.2. The standard InChI is InChI=1S/C45H47FN4O/c1-7-9-10-11-16-41-44(31-17-19-32(20-18-31)45(4,5)6)39(8-2)48-50(41)34-25-30(3)26-36(28-34)51-35-21-22-38-37-14-12-13-15-40(37)49(42(38)29-35)43-27-33(46)23-24-47-43/h12-15,17-29H,7-11,16H2,1-6H3. The van der Waals surface area contributed by atoms with E-state index in [1.807, 2.05) is 34.9 Å². The van der Waals surface area contributed by atoms with Crippen LogP contribution in [0.5, 0.6) is 11.5 Å². The summed E-state index contributed by atoms with van der Waals surface area (Å²) in [6, 6.07) is 32.5. The molecular weight excluding hydrogens is 632 g/mol. The molecule has 5 nitrogen and oxygen atoms in total. The van der Waals surface area contributed by atoms with Gasteiger partial charge in [0, 0.05) is 40.7 Å². The lowest BCUT2D eigenvalue weighted by molar-refractivity contribution is 0.482. The van der Waals surface area contributed by atoms with Crippen molar-refractivity contribution in [2.24, 2.45) is 0 Å². The van der Waals surface area contributed by atoms with E-state index in [4.69, 9.17) is 9.84 Å². The van der Waals surface area contributed by atoms with Crippen LogP contribution in [0.3, 0.4) is 0 Å². The quantitative estimate of drug-likeness (QED) is 0.128. The van der Waals surface area contributed by atoms with E-state index < -0.39 is 0 Å². The summed E-state index contributed by atoms with van der Waals surface area (Å²) in [5, 5.41) is 7.39. The van der Waals surface area contributed by atoms with E-state index in [-0.39, 0.29) is 11.2 Å². The molecule has 0 aliphatic rings. The fraction of sp³-hybridized carbons (Fsp3) is 0.289. The van der Waals surface area contributed by atoms with Gasteiger partial charge in [-0.15, -0.1) is 0 Å². The minimum absolute atomic E-state index is 0.0920. The van der Waals surface area contributed by atoms with Crippen LogP contribution in [0.25, 0.3) is 44.4 Å². The summed E-state index contributed by atoms with van der Waals surface area (Å²) in [6.45, 7) is 13.3. The summed E-state index contributed by atoms with van der Waals surface area (Å²) in [7, 11) is 0. The Kier molecular flexibility index (Phi) is 9.52. The number of fused-ring (bicyclic) bond motifs is 3. The number of rotatable bonds is 11. The third-order valence-corrected chi connectivity index (χ3v) is 9.79. The molecule has 6 heteroatoms. The predicted molar refractivity (Wildman–Crippen MR) is 208 cm³/mol. The van der Waals surface area contributed by atoms with Crippen molar-refractivity contribution in [3.05, 3.63) is 132 Å². The van der Waals surface area contributed by atoms with E-state index in [0.717, 1.165) is 63.8 Å². The van der Waals surface area contributed by atoms with Gasteiger partial charge in [-0.2, -0.15) is 5.10 Å². The number of para-hydroxylation sites is 1. The fourth-order valence-electron chi connectivity index (χ4n) is 7.21. The lowest BCUT2D eigenvalue weighted by Crippen LogP contribution is -2.10. The van der Waals surface area contributed by atoms with E-state index in [2.05, 4.69) is 106 Å². The summed E-state index contributed by atoms with van der Waals surface area (Å²) in [5.74, 6) is 1.62. The molecule has 260 valence electrons. The Morgan fingerprint density at radius 2 is 1.55 bits per heavy atom. The van der Waals surface area contributed by atoms with Crippen LogP contribution in [0.15, 0.2) is 103 Å². The molecule has 0 aliphatic heterocycles. The first-order chi connectivity index (χ1) is 24.6. The van der Waals surface area contributed by atoms with E-state index in [1.165, 1.54) is 60.0 Å². The predicted octanol–water partition coefficient (Wildman–Crippen LogP) is 12.3.